The van der Waals surface area contributed by atoms with Crippen molar-refractivity contribution < 1.29 is 9.53 Å². The molecule has 2 bridgehead atoms. The third-order valence-corrected chi connectivity index (χ3v) is 4.75. The summed E-state index contributed by atoms with van der Waals surface area (Å²) in [7, 11) is 1.77. The zero-order valence-electron chi connectivity index (χ0n) is 8.86. The topological polar surface area (TPSA) is 29.5 Å². The van der Waals surface area contributed by atoms with Gasteiger partial charge in [0.15, 0.2) is 0 Å². The summed E-state index contributed by atoms with van der Waals surface area (Å²) in [6, 6.07) is 0.324. The predicted molar refractivity (Wildman–Crippen MR) is 56.7 cm³/mol. The summed E-state index contributed by atoms with van der Waals surface area (Å²) in [6.07, 6.45) is 2.76. The largest absolute Gasteiger partial charge is 0.379 e. The molecular weight excluding hydrogens is 214 g/mol. The van der Waals surface area contributed by atoms with Crippen molar-refractivity contribution in [3.05, 3.63) is 0 Å². The fourth-order valence-corrected chi connectivity index (χ4v) is 4.23. The van der Waals surface area contributed by atoms with Gasteiger partial charge in [0, 0.05) is 13.7 Å². The second-order valence-corrected chi connectivity index (χ2v) is 5.29. The molecule has 0 spiro atoms. The van der Waals surface area contributed by atoms with Gasteiger partial charge < -0.3 is 9.64 Å². The molecule has 1 aliphatic heterocycles. The Balaban J connectivity index is 1.87. The van der Waals surface area contributed by atoms with Gasteiger partial charge in [0.25, 0.3) is 0 Å². The van der Waals surface area contributed by atoms with Crippen molar-refractivity contribution in [3.8, 4) is 0 Å². The van der Waals surface area contributed by atoms with E-state index in [0.717, 1.165) is 12.5 Å². The number of carbonyl (C=O) groups excluding carboxylic acids is 1. The quantitative estimate of drug-likeness (QED) is 0.664. The fraction of sp³-hybridized carbons (Fsp3) is 0.909. The number of hydrogen-bond acceptors (Lipinski definition) is 2. The number of halogens is 1. The first-order valence-corrected chi connectivity index (χ1v) is 6.18. The number of hydrogen-bond donors (Lipinski definition) is 0. The Morgan fingerprint density at radius 1 is 1.47 bits per heavy atom. The van der Waals surface area contributed by atoms with E-state index in [2.05, 4.69) is 0 Å². The van der Waals surface area contributed by atoms with Crippen molar-refractivity contribution in [3.63, 3.8) is 0 Å². The number of amides is 1. The molecule has 4 heteroatoms. The van der Waals surface area contributed by atoms with Crippen LogP contribution in [-0.4, -0.2) is 42.5 Å². The summed E-state index contributed by atoms with van der Waals surface area (Å²) in [6.45, 7) is 0.914. The Morgan fingerprint density at radius 3 is 2.93 bits per heavy atom. The van der Waals surface area contributed by atoms with Gasteiger partial charge in [0.1, 0.15) is 5.88 Å². The van der Waals surface area contributed by atoms with E-state index in [9.17, 15) is 4.79 Å². The van der Waals surface area contributed by atoms with E-state index in [1.54, 1.807) is 7.11 Å². The fourth-order valence-electron chi connectivity index (χ4n) is 4.08. The first-order chi connectivity index (χ1) is 7.26. The van der Waals surface area contributed by atoms with Crippen LogP contribution in [0.5, 0.6) is 0 Å². The molecule has 0 aromatic heterocycles. The van der Waals surface area contributed by atoms with Crippen LogP contribution in [0, 0.1) is 17.8 Å². The van der Waals surface area contributed by atoms with Crippen LogP contribution in [0.25, 0.3) is 0 Å². The van der Waals surface area contributed by atoms with E-state index in [0.29, 0.717) is 17.9 Å². The summed E-state index contributed by atoms with van der Waals surface area (Å²) < 4.78 is 5.56. The number of likely N-dealkylation sites (tertiary alicyclic amines) is 1. The molecule has 5 unspecified atom stereocenters. The molecule has 0 aromatic carbocycles. The lowest BCUT2D eigenvalue weighted by Crippen LogP contribution is -2.45. The monoisotopic (exact) mass is 229 g/mol. The number of ether oxygens (including phenoxy) is 1. The molecular formula is C11H16ClNO2. The molecule has 2 aliphatic carbocycles. The maximum atomic E-state index is 11.7. The highest BCUT2D eigenvalue weighted by molar-refractivity contribution is 6.27. The zero-order valence-corrected chi connectivity index (χ0v) is 9.61. The van der Waals surface area contributed by atoms with Crippen molar-refractivity contribution in [2.24, 2.45) is 17.8 Å². The third-order valence-electron chi connectivity index (χ3n) is 4.52. The average Bonchev–Trinajstić information content (AvgIpc) is 2.83. The Hall–Kier alpha value is -0.280. The van der Waals surface area contributed by atoms with Gasteiger partial charge in [-0.05, 0) is 30.6 Å². The van der Waals surface area contributed by atoms with Gasteiger partial charge in [-0.2, -0.15) is 0 Å². The van der Waals surface area contributed by atoms with Gasteiger partial charge in [-0.1, -0.05) is 0 Å². The summed E-state index contributed by atoms with van der Waals surface area (Å²) >= 11 is 5.64. The van der Waals surface area contributed by atoms with Crippen LogP contribution >= 0.6 is 11.6 Å². The van der Waals surface area contributed by atoms with E-state index in [4.69, 9.17) is 16.3 Å². The van der Waals surface area contributed by atoms with Gasteiger partial charge >= 0.3 is 0 Å². The van der Waals surface area contributed by atoms with Gasteiger partial charge in [-0.15, -0.1) is 11.6 Å². The molecule has 1 amide bonds. The first-order valence-electron chi connectivity index (χ1n) is 5.64. The van der Waals surface area contributed by atoms with Crippen molar-refractivity contribution in [1.29, 1.82) is 0 Å². The Bertz CT molecular complexity index is 294. The first kappa shape index (κ1) is 9.91. The number of carbonyl (C=O) groups is 1. The summed E-state index contributed by atoms with van der Waals surface area (Å²) in [5.74, 6) is 2.28. The molecule has 2 saturated carbocycles. The van der Waals surface area contributed by atoms with Gasteiger partial charge in [0.05, 0.1) is 12.1 Å². The molecule has 84 valence electrons. The van der Waals surface area contributed by atoms with E-state index in [1.165, 1.54) is 12.8 Å². The van der Waals surface area contributed by atoms with E-state index in [-0.39, 0.29) is 17.9 Å². The molecule has 1 saturated heterocycles. The average molecular weight is 230 g/mol. The number of nitrogens with zero attached hydrogens (tertiary/aromatic N) is 1. The predicted octanol–water partition coefficient (Wildman–Crippen LogP) is 1.11. The van der Waals surface area contributed by atoms with Crippen LogP contribution < -0.4 is 0 Å². The number of methoxy groups -OCH3 is 1. The molecule has 0 radical (unpaired) electrons. The van der Waals surface area contributed by atoms with Crippen molar-refractivity contribution >= 4 is 17.5 Å². The molecule has 0 N–H and O–H groups in total. The Kier molecular flexibility index (Phi) is 2.22. The summed E-state index contributed by atoms with van der Waals surface area (Å²) in [4.78, 5) is 13.7. The van der Waals surface area contributed by atoms with Crippen LogP contribution in [0.4, 0.5) is 0 Å². The lowest BCUT2D eigenvalue weighted by atomic mass is 9.88. The smallest absolute Gasteiger partial charge is 0.237 e. The normalized spacial score (nSPS) is 46.5. The SMILES string of the molecule is COC1C2CC3CN(C(=O)CCl)C1C3C2. The Labute approximate surface area is 94.7 Å². The molecule has 3 nitrogen and oxygen atoms in total. The highest BCUT2D eigenvalue weighted by atomic mass is 35.5. The molecule has 15 heavy (non-hydrogen) atoms. The van der Waals surface area contributed by atoms with Crippen molar-refractivity contribution in [1.82, 2.24) is 4.90 Å². The summed E-state index contributed by atoms with van der Waals surface area (Å²) in [5.41, 5.74) is 0. The molecule has 5 atom stereocenters. The lowest BCUT2D eigenvalue weighted by molar-refractivity contribution is -0.131. The minimum atomic E-state index is 0.0822. The van der Waals surface area contributed by atoms with Crippen LogP contribution in [0.15, 0.2) is 0 Å². The van der Waals surface area contributed by atoms with Crippen molar-refractivity contribution in [2.45, 2.75) is 25.0 Å². The van der Waals surface area contributed by atoms with Gasteiger partial charge in [0.2, 0.25) is 5.91 Å². The van der Waals surface area contributed by atoms with Gasteiger partial charge in [-0.25, -0.2) is 0 Å². The van der Waals surface area contributed by atoms with E-state index >= 15 is 0 Å². The third kappa shape index (κ3) is 1.19. The van der Waals surface area contributed by atoms with Crippen LogP contribution in [0.1, 0.15) is 12.8 Å². The molecule has 3 fully saturated rings. The zero-order chi connectivity index (χ0) is 10.6. The summed E-state index contributed by atoms with van der Waals surface area (Å²) in [5, 5.41) is 0. The maximum Gasteiger partial charge on any atom is 0.237 e. The molecule has 0 aromatic rings. The van der Waals surface area contributed by atoms with E-state index in [1.807, 2.05) is 4.90 Å². The van der Waals surface area contributed by atoms with Crippen LogP contribution in [0.2, 0.25) is 0 Å². The second kappa shape index (κ2) is 3.36. The highest BCUT2D eigenvalue weighted by Gasteiger charge is 2.60. The minimum absolute atomic E-state index is 0.0822. The Morgan fingerprint density at radius 2 is 2.27 bits per heavy atom. The minimum Gasteiger partial charge on any atom is -0.379 e. The van der Waals surface area contributed by atoms with Crippen molar-refractivity contribution in [2.75, 3.05) is 19.5 Å². The molecule has 3 rings (SSSR count). The van der Waals surface area contributed by atoms with E-state index < -0.39 is 0 Å². The number of alkyl halides is 1. The standard InChI is InChI=1S/C11H16ClNO2/c1-15-11-6-2-7-5-13(9(14)4-12)10(11)8(7)3-6/h6-8,10-11H,2-5H2,1H3. The van der Waals surface area contributed by atoms with Gasteiger partial charge in [-0.3, -0.25) is 4.79 Å². The van der Waals surface area contributed by atoms with Crippen LogP contribution in [-0.2, 0) is 9.53 Å². The molecule has 3 aliphatic rings. The number of fused-ring (bicyclic) bond motifs is 1. The second-order valence-electron chi connectivity index (χ2n) is 5.03. The number of rotatable bonds is 2. The van der Waals surface area contributed by atoms with Crippen LogP contribution in [0.3, 0.4) is 0 Å². The highest BCUT2D eigenvalue weighted by Crippen LogP contribution is 2.55. The molecule has 1 heterocycles. The maximum absolute atomic E-state index is 11.7. The lowest BCUT2D eigenvalue weighted by Gasteiger charge is -2.30.